The molecule has 0 spiro atoms. The van der Waals surface area contributed by atoms with Crippen LogP contribution in [-0.4, -0.2) is 28.1 Å². The molecule has 0 aromatic carbocycles. The van der Waals surface area contributed by atoms with Crippen molar-refractivity contribution in [2.24, 2.45) is 0 Å². The van der Waals surface area contributed by atoms with Gasteiger partial charge in [-0.25, -0.2) is 4.98 Å². The first-order chi connectivity index (χ1) is 8.33. The van der Waals surface area contributed by atoms with Crippen LogP contribution in [-0.2, 0) is 0 Å². The molecule has 1 aliphatic rings. The molecule has 0 aliphatic carbocycles. The molecule has 3 nitrogen and oxygen atoms in total. The van der Waals surface area contributed by atoms with Crippen LogP contribution in [0.4, 0.5) is 0 Å². The second kappa shape index (κ2) is 6.45. The van der Waals surface area contributed by atoms with E-state index in [1.807, 2.05) is 24.3 Å². The Bertz CT molecular complexity index is 331. The van der Waals surface area contributed by atoms with Crippen LogP contribution in [0.3, 0.4) is 0 Å². The zero-order chi connectivity index (χ0) is 12.1. The maximum absolute atomic E-state index is 4.34. The molecule has 2 rings (SSSR count). The summed E-state index contributed by atoms with van der Waals surface area (Å²) in [5.41, 5.74) is 1.37. The first-order valence-electron chi connectivity index (χ1n) is 6.57. The van der Waals surface area contributed by atoms with Crippen LogP contribution >= 0.6 is 11.8 Å². The molecule has 17 heavy (non-hydrogen) atoms. The van der Waals surface area contributed by atoms with E-state index >= 15 is 0 Å². The quantitative estimate of drug-likeness (QED) is 0.875. The molecule has 1 N–H and O–H groups in total. The minimum absolute atomic E-state index is 0.517. The Kier molecular flexibility index (Phi) is 4.92. The van der Waals surface area contributed by atoms with Crippen molar-refractivity contribution >= 4 is 11.8 Å². The highest BCUT2D eigenvalue weighted by atomic mass is 32.2. The molecule has 2 heterocycles. The first-order valence-corrected chi connectivity index (χ1v) is 7.96. The standard InChI is InChI=1S/C13H23N3S/c1-11(6-8-17-2)16-10-14-9-13(16)12-5-3-4-7-15-12/h9-12,15H,3-8H2,1-2H3. The minimum Gasteiger partial charge on any atom is -0.330 e. The summed E-state index contributed by atoms with van der Waals surface area (Å²) in [5, 5.41) is 3.61. The predicted molar refractivity (Wildman–Crippen MR) is 74.5 cm³/mol. The van der Waals surface area contributed by atoms with Gasteiger partial charge < -0.3 is 9.88 Å². The summed E-state index contributed by atoms with van der Waals surface area (Å²) in [6.45, 7) is 3.44. The van der Waals surface area contributed by atoms with Crippen LogP contribution in [0.5, 0.6) is 0 Å². The largest absolute Gasteiger partial charge is 0.330 e. The van der Waals surface area contributed by atoms with Gasteiger partial charge in [0.15, 0.2) is 0 Å². The summed E-state index contributed by atoms with van der Waals surface area (Å²) in [4.78, 5) is 4.34. The summed E-state index contributed by atoms with van der Waals surface area (Å²) >= 11 is 1.92. The van der Waals surface area contributed by atoms with E-state index in [-0.39, 0.29) is 0 Å². The normalized spacial score (nSPS) is 22.6. The molecule has 1 aliphatic heterocycles. The zero-order valence-corrected chi connectivity index (χ0v) is 11.7. The Morgan fingerprint density at radius 1 is 1.59 bits per heavy atom. The fourth-order valence-electron chi connectivity index (χ4n) is 2.48. The SMILES string of the molecule is CSCCC(C)n1cncc1C1CCCCN1. The molecule has 96 valence electrons. The maximum atomic E-state index is 4.34. The number of hydrogen-bond acceptors (Lipinski definition) is 3. The molecular weight excluding hydrogens is 230 g/mol. The lowest BCUT2D eigenvalue weighted by molar-refractivity contribution is 0.381. The number of nitrogens with zero attached hydrogens (tertiary/aromatic N) is 2. The zero-order valence-electron chi connectivity index (χ0n) is 10.9. The van der Waals surface area contributed by atoms with Crippen molar-refractivity contribution in [3.05, 3.63) is 18.2 Å². The van der Waals surface area contributed by atoms with Crippen LogP contribution in [0.2, 0.25) is 0 Å². The first kappa shape index (κ1) is 13.0. The van der Waals surface area contributed by atoms with Gasteiger partial charge in [0.1, 0.15) is 0 Å². The minimum atomic E-state index is 0.517. The number of imidazole rings is 1. The molecule has 0 radical (unpaired) electrons. The monoisotopic (exact) mass is 253 g/mol. The molecule has 2 atom stereocenters. The van der Waals surface area contributed by atoms with Crippen molar-refractivity contribution < 1.29 is 0 Å². The van der Waals surface area contributed by atoms with Gasteiger partial charge in [-0.2, -0.15) is 11.8 Å². The Labute approximate surface area is 108 Å². The summed E-state index contributed by atoms with van der Waals surface area (Å²) in [6.07, 6.45) is 11.3. The van der Waals surface area contributed by atoms with E-state index in [1.165, 1.54) is 37.1 Å². The fraction of sp³-hybridized carbons (Fsp3) is 0.769. The molecule has 0 amide bonds. The summed E-state index contributed by atoms with van der Waals surface area (Å²) in [5.74, 6) is 1.22. The van der Waals surface area contributed by atoms with Gasteiger partial charge in [0.25, 0.3) is 0 Å². The Balaban J connectivity index is 2.04. The van der Waals surface area contributed by atoms with E-state index in [1.54, 1.807) is 0 Å². The number of rotatable bonds is 5. The number of nitrogens with one attached hydrogen (secondary N) is 1. The lowest BCUT2D eigenvalue weighted by Crippen LogP contribution is -2.29. The van der Waals surface area contributed by atoms with Crippen LogP contribution < -0.4 is 5.32 Å². The molecule has 4 heteroatoms. The van der Waals surface area contributed by atoms with E-state index in [4.69, 9.17) is 0 Å². The van der Waals surface area contributed by atoms with Crippen LogP contribution in [0.25, 0.3) is 0 Å². The van der Waals surface area contributed by atoms with Crippen molar-refractivity contribution in [3.8, 4) is 0 Å². The second-order valence-corrected chi connectivity index (χ2v) is 5.84. The molecule has 1 fully saturated rings. The van der Waals surface area contributed by atoms with Crippen LogP contribution in [0, 0.1) is 0 Å². The molecule has 1 aromatic heterocycles. The summed E-state index contributed by atoms with van der Waals surface area (Å²) in [6, 6.07) is 1.08. The number of aromatic nitrogens is 2. The third-order valence-electron chi connectivity index (χ3n) is 3.58. The van der Waals surface area contributed by atoms with Gasteiger partial charge in [-0.15, -0.1) is 0 Å². The lowest BCUT2D eigenvalue weighted by atomic mass is 10.0. The molecule has 1 aromatic rings. The molecule has 0 bridgehead atoms. The Hall–Kier alpha value is -0.480. The molecular formula is C13H23N3S. The van der Waals surface area contributed by atoms with Crippen molar-refractivity contribution in [2.45, 2.75) is 44.7 Å². The molecule has 2 unspecified atom stereocenters. The average Bonchev–Trinajstić information content (AvgIpc) is 2.86. The van der Waals surface area contributed by atoms with Crippen LogP contribution in [0.15, 0.2) is 12.5 Å². The van der Waals surface area contributed by atoms with Crippen molar-refractivity contribution in [1.29, 1.82) is 0 Å². The highest BCUT2D eigenvalue weighted by Gasteiger charge is 2.20. The highest BCUT2D eigenvalue weighted by Crippen LogP contribution is 2.26. The predicted octanol–water partition coefficient (Wildman–Crippen LogP) is 3.01. The van der Waals surface area contributed by atoms with Gasteiger partial charge >= 0.3 is 0 Å². The Morgan fingerprint density at radius 2 is 2.47 bits per heavy atom. The summed E-state index contributed by atoms with van der Waals surface area (Å²) in [7, 11) is 0. The number of hydrogen-bond donors (Lipinski definition) is 1. The van der Waals surface area contributed by atoms with E-state index in [0.717, 1.165) is 6.54 Å². The maximum Gasteiger partial charge on any atom is 0.0951 e. The van der Waals surface area contributed by atoms with Gasteiger partial charge in [0.2, 0.25) is 0 Å². The van der Waals surface area contributed by atoms with Gasteiger partial charge in [-0.3, -0.25) is 0 Å². The van der Waals surface area contributed by atoms with Gasteiger partial charge in [-0.1, -0.05) is 6.42 Å². The van der Waals surface area contributed by atoms with E-state index in [2.05, 4.69) is 28.0 Å². The van der Waals surface area contributed by atoms with Crippen molar-refractivity contribution in [3.63, 3.8) is 0 Å². The molecule has 0 saturated carbocycles. The van der Waals surface area contributed by atoms with Crippen LogP contribution in [0.1, 0.15) is 50.4 Å². The van der Waals surface area contributed by atoms with Gasteiger partial charge in [0, 0.05) is 18.3 Å². The fourth-order valence-corrected chi connectivity index (χ4v) is 3.06. The third kappa shape index (κ3) is 3.26. The highest BCUT2D eigenvalue weighted by molar-refractivity contribution is 7.98. The number of piperidine rings is 1. The third-order valence-corrected chi connectivity index (χ3v) is 4.22. The van der Waals surface area contributed by atoms with Gasteiger partial charge in [0.05, 0.1) is 12.0 Å². The van der Waals surface area contributed by atoms with E-state index in [9.17, 15) is 0 Å². The average molecular weight is 253 g/mol. The van der Waals surface area contributed by atoms with Crippen molar-refractivity contribution in [1.82, 2.24) is 14.9 Å². The van der Waals surface area contributed by atoms with Gasteiger partial charge in [-0.05, 0) is 44.7 Å². The number of thioether (sulfide) groups is 1. The second-order valence-electron chi connectivity index (χ2n) is 4.86. The van der Waals surface area contributed by atoms with E-state index in [0.29, 0.717) is 12.1 Å². The van der Waals surface area contributed by atoms with Crippen molar-refractivity contribution in [2.75, 3.05) is 18.6 Å². The lowest BCUT2D eigenvalue weighted by Gasteiger charge is -2.26. The Morgan fingerprint density at radius 3 is 3.18 bits per heavy atom. The summed E-state index contributed by atoms with van der Waals surface area (Å²) < 4.78 is 2.36. The molecule has 1 saturated heterocycles. The topological polar surface area (TPSA) is 29.9 Å². The smallest absolute Gasteiger partial charge is 0.0951 e. The van der Waals surface area contributed by atoms with E-state index < -0.39 is 0 Å².